The fourth-order valence-corrected chi connectivity index (χ4v) is 6.66. The van der Waals surface area contributed by atoms with Gasteiger partial charge in [0.2, 0.25) is 11.8 Å². The standard InChI is InChI=1S/C35H37Cl2N3O4S/c1-25-15-18-29(37)22-31(25)40(45(43,44)30-13-9-6-10-14-30)24-33(41)39(23-27-16-19-28(36)20-17-27)32(34(42)38-35(2,3)4)21-26-11-7-5-8-12-26/h5-20,22,32H,21,23-24H2,1-4H3,(H,38,42). The molecule has 2 amide bonds. The molecule has 0 radical (unpaired) electrons. The summed E-state index contributed by atoms with van der Waals surface area (Å²) >= 11 is 12.5. The zero-order valence-electron chi connectivity index (χ0n) is 25.7. The number of carbonyl (C=O) groups excluding carboxylic acids is 2. The summed E-state index contributed by atoms with van der Waals surface area (Å²) < 4.78 is 29.4. The summed E-state index contributed by atoms with van der Waals surface area (Å²) in [7, 11) is -4.22. The Morgan fingerprint density at radius 3 is 1.98 bits per heavy atom. The first-order chi connectivity index (χ1) is 21.2. The SMILES string of the molecule is Cc1ccc(Cl)cc1N(CC(=O)N(Cc1ccc(Cl)cc1)C(Cc1ccccc1)C(=O)NC(C)(C)C)S(=O)(=O)c1ccccc1. The van der Waals surface area contributed by atoms with Crippen LogP contribution in [-0.2, 0) is 32.6 Å². The fourth-order valence-electron chi connectivity index (χ4n) is 4.88. The maximum atomic E-state index is 14.6. The molecule has 10 heteroatoms. The molecule has 1 N–H and O–H groups in total. The van der Waals surface area contributed by atoms with E-state index in [0.29, 0.717) is 15.6 Å². The largest absolute Gasteiger partial charge is 0.350 e. The van der Waals surface area contributed by atoms with Gasteiger partial charge in [0.25, 0.3) is 10.0 Å². The van der Waals surface area contributed by atoms with Gasteiger partial charge >= 0.3 is 0 Å². The van der Waals surface area contributed by atoms with E-state index in [9.17, 15) is 18.0 Å². The second-order valence-corrected chi connectivity index (χ2v) is 14.6. The van der Waals surface area contributed by atoms with Crippen LogP contribution < -0.4 is 9.62 Å². The number of anilines is 1. The van der Waals surface area contributed by atoms with Crippen LogP contribution in [0.2, 0.25) is 10.0 Å². The van der Waals surface area contributed by atoms with E-state index in [2.05, 4.69) is 5.32 Å². The molecule has 0 aliphatic rings. The van der Waals surface area contributed by atoms with Gasteiger partial charge in [0.15, 0.2) is 0 Å². The first-order valence-electron chi connectivity index (χ1n) is 14.5. The normalized spacial score (nSPS) is 12.3. The Bertz CT molecular complexity index is 1730. The van der Waals surface area contributed by atoms with E-state index in [-0.39, 0.29) is 29.5 Å². The summed E-state index contributed by atoms with van der Waals surface area (Å²) in [6.45, 7) is 6.83. The van der Waals surface area contributed by atoms with E-state index in [0.717, 1.165) is 15.4 Å². The van der Waals surface area contributed by atoms with Gasteiger partial charge in [-0.2, -0.15) is 0 Å². The van der Waals surface area contributed by atoms with Crippen LogP contribution in [0.1, 0.15) is 37.5 Å². The van der Waals surface area contributed by atoms with Gasteiger partial charge in [-0.3, -0.25) is 13.9 Å². The molecular formula is C35H37Cl2N3O4S. The maximum absolute atomic E-state index is 14.6. The molecule has 0 aliphatic heterocycles. The quantitative estimate of drug-likeness (QED) is 0.186. The van der Waals surface area contributed by atoms with Crippen LogP contribution in [0, 0.1) is 6.92 Å². The van der Waals surface area contributed by atoms with Crippen molar-refractivity contribution in [2.45, 2.75) is 57.1 Å². The second kappa shape index (κ2) is 14.5. The molecule has 4 aromatic carbocycles. The molecule has 4 rings (SSSR count). The third-order valence-electron chi connectivity index (χ3n) is 7.09. The summed E-state index contributed by atoms with van der Waals surface area (Å²) in [5.41, 5.74) is 1.87. The fraction of sp³-hybridized carbons (Fsp3) is 0.257. The van der Waals surface area contributed by atoms with Gasteiger partial charge in [0.05, 0.1) is 10.6 Å². The predicted octanol–water partition coefficient (Wildman–Crippen LogP) is 7.05. The maximum Gasteiger partial charge on any atom is 0.264 e. The number of aryl methyl sites for hydroxylation is 1. The molecule has 0 fully saturated rings. The molecule has 0 bridgehead atoms. The van der Waals surface area contributed by atoms with Crippen LogP contribution in [0.25, 0.3) is 0 Å². The highest BCUT2D eigenvalue weighted by molar-refractivity contribution is 7.92. The molecule has 0 aromatic heterocycles. The average molecular weight is 667 g/mol. The molecule has 0 saturated heterocycles. The van der Waals surface area contributed by atoms with E-state index >= 15 is 0 Å². The third kappa shape index (κ3) is 9.10. The Labute approximate surface area is 275 Å². The predicted molar refractivity (Wildman–Crippen MR) is 181 cm³/mol. The van der Waals surface area contributed by atoms with E-state index < -0.39 is 34.1 Å². The highest BCUT2D eigenvalue weighted by atomic mass is 35.5. The Morgan fingerprint density at radius 2 is 1.38 bits per heavy atom. The minimum atomic E-state index is -4.22. The van der Waals surface area contributed by atoms with Crippen molar-refractivity contribution in [3.63, 3.8) is 0 Å². The number of amides is 2. The van der Waals surface area contributed by atoms with Gasteiger partial charge in [-0.1, -0.05) is 89.9 Å². The van der Waals surface area contributed by atoms with Crippen LogP contribution in [0.5, 0.6) is 0 Å². The van der Waals surface area contributed by atoms with Crippen LogP contribution in [0.3, 0.4) is 0 Å². The summed E-state index contributed by atoms with van der Waals surface area (Å²) in [6, 6.07) is 28.2. The molecule has 7 nitrogen and oxygen atoms in total. The number of rotatable bonds is 11. The lowest BCUT2D eigenvalue weighted by atomic mass is 10.0. The second-order valence-electron chi connectivity index (χ2n) is 11.8. The molecule has 1 unspecified atom stereocenters. The number of halogens is 2. The van der Waals surface area contributed by atoms with Gasteiger partial charge in [0.1, 0.15) is 12.6 Å². The van der Waals surface area contributed by atoms with Crippen molar-refractivity contribution in [1.29, 1.82) is 0 Å². The van der Waals surface area contributed by atoms with Gasteiger partial charge in [0, 0.05) is 28.5 Å². The summed E-state index contributed by atoms with van der Waals surface area (Å²) in [6.07, 6.45) is 0.212. The van der Waals surface area contributed by atoms with E-state index in [1.165, 1.54) is 23.1 Å². The van der Waals surface area contributed by atoms with Crippen molar-refractivity contribution in [3.05, 3.63) is 130 Å². The minimum absolute atomic E-state index is 0.0211. The number of sulfonamides is 1. The van der Waals surface area contributed by atoms with Crippen molar-refractivity contribution >= 4 is 50.7 Å². The molecule has 0 saturated carbocycles. The number of hydrogen-bond donors (Lipinski definition) is 1. The van der Waals surface area contributed by atoms with Crippen LogP contribution in [0.15, 0.2) is 108 Å². The lowest BCUT2D eigenvalue weighted by Crippen LogP contribution is -2.56. The number of carbonyl (C=O) groups is 2. The monoisotopic (exact) mass is 665 g/mol. The molecule has 0 aliphatic carbocycles. The van der Waals surface area contributed by atoms with E-state index in [4.69, 9.17) is 23.2 Å². The smallest absolute Gasteiger partial charge is 0.264 e. The van der Waals surface area contributed by atoms with Crippen molar-refractivity contribution in [3.8, 4) is 0 Å². The van der Waals surface area contributed by atoms with Gasteiger partial charge in [-0.15, -0.1) is 0 Å². The van der Waals surface area contributed by atoms with Crippen LogP contribution in [-0.4, -0.2) is 43.3 Å². The third-order valence-corrected chi connectivity index (χ3v) is 9.35. The topological polar surface area (TPSA) is 86.8 Å². The number of nitrogens with zero attached hydrogens (tertiary/aromatic N) is 2. The highest BCUT2D eigenvalue weighted by Crippen LogP contribution is 2.30. The van der Waals surface area contributed by atoms with Gasteiger partial charge in [-0.05, 0) is 80.8 Å². The molecule has 4 aromatic rings. The summed E-state index contributed by atoms with van der Waals surface area (Å²) in [5.74, 6) is -0.918. The van der Waals surface area contributed by atoms with Gasteiger partial charge in [-0.25, -0.2) is 8.42 Å². The number of hydrogen-bond acceptors (Lipinski definition) is 4. The van der Waals surface area contributed by atoms with Crippen LogP contribution >= 0.6 is 23.2 Å². The lowest BCUT2D eigenvalue weighted by molar-refractivity contribution is -0.140. The van der Waals surface area contributed by atoms with E-state index in [1.807, 2.05) is 51.1 Å². The highest BCUT2D eigenvalue weighted by Gasteiger charge is 2.36. The molecular weight excluding hydrogens is 629 g/mol. The Morgan fingerprint density at radius 1 is 0.800 bits per heavy atom. The van der Waals surface area contributed by atoms with Crippen molar-refractivity contribution in [1.82, 2.24) is 10.2 Å². The van der Waals surface area contributed by atoms with Crippen molar-refractivity contribution in [2.75, 3.05) is 10.8 Å². The zero-order chi connectivity index (χ0) is 32.8. The number of benzene rings is 4. The summed E-state index contributed by atoms with van der Waals surface area (Å²) in [4.78, 5) is 30.0. The number of nitrogens with one attached hydrogen (secondary N) is 1. The first-order valence-corrected chi connectivity index (χ1v) is 16.7. The Balaban J connectivity index is 1.84. The minimum Gasteiger partial charge on any atom is -0.350 e. The van der Waals surface area contributed by atoms with Crippen LogP contribution in [0.4, 0.5) is 5.69 Å². The summed E-state index contributed by atoms with van der Waals surface area (Å²) in [5, 5.41) is 3.87. The lowest BCUT2D eigenvalue weighted by Gasteiger charge is -2.35. The molecule has 1 atom stereocenters. The molecule has 0 heterocycles. The van der Waals surface area contributed by atoms with Crippen molar-refractivity contribution < 1.29 is 18.0 Å². The molecule has 0 spiro atoms. The Hall–Kier alpha value is -3.85. The Kier molecular flexibility index (Phi) is 11.0. The van der Waals surface area contributed by atoms with E-state index in [1.54, 1.807) is 61.5 Å². The van der Waals surface area contributed by atoms with Crippen molar-refractivity contribution in [2.24, 2.45) is 0 Å². The molecule has 45 heavy (non-hydrogen) atoms. The zero-order valence-corrected chi connectivity index (χ0v) is 28.0. The first kappa shape index (κ1) is 34.0. The molecule has 236 valence electrons. The average Bonchev–Trinajstić information content (AvgIpc) is 3.00. The van der Waals surface area contributed by atoms with Gasteiger partial charge < -0.3 is 10.2 Å².